The molecule has 0 radical (unpaired) electrons. The normalized spacial score (nSPS) is 15.7. The van der Waals surface area contributed by atoms with Crippen molar-refractivity contribution in [2.24, 2.45) is 0 Å². The fourth-order valence-corrected chi connectivity index (χ4v) is 2.29. The summed E-state index contributed by atoms with van der Waals surface area (Å²) in [6.45, 7) is 5.91. The van der Waals surface area contributed by atoms with E-state index in [4.69, 9.17) is 4.78 Å². The van der Waals surface area contributed by atoms with Crippen molar-refractivity contribution in [3.8, 4) is 0 Å². The summed E-state index contributed by atoms with van der Waals surface area (Å²) in [7, 11) is -1.73. The molecule has 0 rings (SSSR count). The second kappa shape index (κ2) is 8.26. The van der Waals surface area contributed by atoms with E-state index in [0.29, 0.717) is 19.3 Å². The van der Waals surface area contributed by atoms with Crippen LogP contribution in [-0.2, 0) is 15.0 Å². The topological polar surface area (TPSA) is 90.3 Å². The van der Waals surface area contributed by atoms with Gasteiger partial charge in [-0.15, -0.1) is 0 Å². The van der Waals surface area contributed by atoms with Gasteiger partial charge < -0.3 is 5.11 Å². The maximum absolute atomic E-state index is 11.5. The van der Waals surface area contributed by atoms with Crippen LogP contribution in [0.2, 0.25) is 0 Å². The Hall–Kier alpha value is -0.880. The van der Waals surface area contributed by atoms with Crippen molar-refractivity contribution in [1.29, 1.82) is 4.78 Å². The predicted octanol–water partition coefficient (Wildman–Crippen LogP) is 2.09. The van der Waals surface area contributed by atoms with E-state index in [1.165, 1.54) is 5.37 Å². The number of hydrogen-bond donors (Lipinski definition) is 3. The maximum Gasteiger partial charge on any atom is 0.323 e. The van der Waals surface area contributed by atoms with Crippen LogP contribution < -0.4 is 5.32 Å². The average molecular weight is 276 g/mol. The van der Waals surface area contributed by atoms with E-state index in [0.717, 1.165) is 12.8 Å². The molecule has 0 amide bonds. The lowest BCUT2D eigenvalue weighted by atomic mass is 9.87. The number of carbonyl (C=O) groups is 1. The summed E-state index contributed by atoms with van der Waals surface area (Å²) >= 11 is 0. The number of nitrogens with one attached hydrogen (secondary N) is 2. The van der Waals surface area contributed by atoms with Crippen LogP contribution in [0.5, 0.6) is 0 Å². The van der Waals surface area contributed by atoms with Gasteiger partial charge in [0.15, 0.2) is 0 Å². The highest BCUT2D eigenvalue weighted by Crippen LogP contribution is 2.21. The molecular weight excluding hydrogens is 252 g/mol. The number of carboxylic acid groups (broad SMARTS) is 1. The van der Waals surface area contributed by atoms with Crippen LogP contribution in [0.3, 0.4) is 0 Å². The first-order valence-corrected chi connectivity index (χ1v) is 7.55. The van der Waals surface area contributed by atoms with Crippen molar-refractivity contribution in [3.63, 3.8) is 0 Å². The molecule has 0 spiro atoms. The molecule has 6 heteroatoms. The van der Waals surface area contributed by atoms with Crippen LogP contribution >= 0.6 is 0 Å². The molecule has 18 heavy (non-hydrogen) atoms. The molecule has 0 aliphatic rings. The van der Waals surface area contributed by atoms with Crippen molar-refractivity contribution in [1.82, 2.24) is 5.32 Å². The van der Waals surface area contributed by atoms with Crippen LogP contribution in [0.4, 0.5) is 0 Å². The van der Waals surface area contributed by atoms with E-state index in [1.807, 2.05) is 20.8 Å². The SMILES string of the molecule is CCC[C@@](CCC=S(=N)=O)(NC(C)CC)C(=O)O. The number of carboxylic acids is 1. The molecule has 0 heterocycles. The van der Waals surface area contributed by atoms with Crippen molar-refractivity contribution in [2.45, 2.75) is 64.5 Å². The van der Waals surface area contributed by atoms with Crippen LogP contribution in [0, 0.1) is 4.78 Å². The van der Waals surface area contributed by atoms with Crippen molar-refractivity contribution in [2.75, 3.05) is 0 Å². The fourth-order valence-electron chi connectivity index (χ4n) is 1.96. The minimum atomic E-state index is -1.73. The van der Waals surface area contributed by atoms with Gasteiger partial charge in [0.05, 0.1) is 10.2 Å². The molecule has 0 aromatic heterocycles. The van der Waals surface area contributed by atoms with Gasteiger partial charge in [-0.05, 0) is 32.6 Å². The van der Waals surface area contributed by atoms with Crippen LogP contribution in [0.1, 0.15) is 52.9 Å². The maximum atomic E-state index is 11.5. The lowest BCUT2D eigenvalue weighted by Crippen LogP contribution is -2.55. The second-order valence-corrected chi connectivity index (χ2v) is 5.52. The van der Waals surface area contributed by atoms with E-state index < -0.39 is 21.7 Å². The van der Waals surface area contributed by atoms with Gasteiger partial charge >= 0.3 is 5.97 Å². The molecule has 0 aromatic carbocycles. The molecular formula is C12H24N2O3S. The minimum Gasteiger partial charge on any atom is -0.480 e. The minimum absolute atomic E-state index is 0.120. The zero-order chi connectivity index (χ0) is 14.2. The third-order valence-electron chi connectivity index (χ3n) is 3.06. The van der Waals surface area contributed by atoms with Gasteiger partial charge in [-0.25, -0.2) is 8.99 Å². The Kier molecular flexibility index (Phi) is 7.86. The Labute approximate surface area is 111 Å². The summed E-state index contributed by atoms with van der Waals surface area (Å²) in [6.07, 6.45) is 2.88. The molecule has 0 aromatic rings. The number of rotatable bonds is 9. The van der Waals surface area contributed by atoms with Crippen LogP contribution in [0.15, 0.2) is 0 Å². The Balaban J connectivity index is 4.95. The van der Waals surface area contributed by atoms with Crippen LogP contribution in [0.25, 0.3) is 0 Å². The first-order valence-electron chi connectivity index (χ1n) is 6.34. The van der Waals surface area contributed by atoms with Crippen molar-refractivity contribution >= 4 is 21.5 Å². The van der Waals surface area contributed by atoms with E-state index >= 15 is 0 Å². The standard InChI is InChI=1S/C12H24N2O3S/c1-4-7-12(11(15)16,14-10(3)5-2)8-6-9-18(13)17/h9-10,13-14H,4-8H2,1-3H3,(H,15,16)/t10?,12-/m0/s1. The molecule has 0 bridgehead atoms. The third kappa shape index (κ3) is 5.64. The first kappa shape index (κ1) is 17.1. The molecule has 0 saturated heterocycles. The van der Waals surface area contributed by atoms with Crippen molar-refractivity contribution < 1.29 is 14.1 Å². The van der Waals surface area contributed by atoms with Gasteiger partial charge in [-0.3, -0.25) is 10.1 Å². The van der Waals surface area contributed by atoms with Gasteiger partial charge in [-0.2, -0.15) is 0 Å². The first-order chi connectivity index (χ1) is 8.38. The highest BCUT2D eigenvalue weighted by molar-refractivity contribution is 7.72. The zero-order valence-electron chi connectivity index (χ0n) is 11.4. The molecule has 2 atom stereocenters. The Morgan fingerprint density at radius 1 is 1.50 bits per heavy atom. The summed E-state index contributed by atoms with van der Waals surface area (Å²) in [6, 6.07) is 0.120. The summed E-state index contributed by atoms with van der Waals surface area (Å²) < 4.78 is 17.6. The quantitative estimate of drug-likeness (QED) is 0.562. The molecule has 0 aliphatic heterocycles. The van der Waals surface area contributed by atoms with Gasteiger partial charge in [0.2, 0.25) is 0 Å². The average Bonchev–Trinajstić information content (AvgIpc) is 2.28. The zero-order valence-corrected chi connectivity index (χ0v) is 12.2. The Bertz CT molecular complexity index is 384. The fraction of sp³-hybridized carbons (Fsp3) is 0.833. The molecule has 5 nitrogen and oxygen atoms in total. The van der Waals surface area contributed by atoms with Crippen LogP contribution in [-0.4, -0.2) is 32.2 Å². The molecule has 1 unspecified atom stereocenters. The van der Waals surface area contributed by atoms with E-state index in [1.54, 1.807) is 0 Å². The largest absolute Gasteiger partial charge is 0.480 e. The van der Waals surface area contributed by atoms with E-state index in [-0.39, 0.29) is 6.04 Å². The summed E-state index contributed by atoms with van der Waals surface area (Å²) in [5, 5.41) is 14.0. The highest BCUT2D eigenvalue weighted by atomic mass is 32.2. The number of hydrogen-bond acceptors (Lipinski definition) is 4. The Morgan fingerprint density at radius 2 is 2.11 bits per heavy atom. The summed E-state index contributed by atoms with van der Waals surface area (Å²) in [5.41, 5.74) is -0.972. The lowest BCUT2D eigenvalue weighted by molar-refractivity contribution is -0.146. The lowest BCUT2D eigenvalue weighted by Gasteiger charge is -2.33. The Morgan fingerprint density at radius 3 is 2.50 bits per heavy atom. The van der Waals surface area contributed by atoms with E-state index in [2.05, 4.69) is 5.32 Å². The van der Waals surface area contributed by atoms with Gasteiger partial charge in [-0.1, -0.05) is 20.3 Å². The van der Waals surface area contributed by atoms with Crippen molar-refractivity contribution in [3.05, 3.63) is 0 Å². The summed E-state index contributed by atoms with van der Waals surface area (Å²) in [5.74, 6) is -0.867. The van der Waals surface area contributed by atoms with Gasteiger partial charge in [0.1, 0.15) is 5.54 Å². The molecule has 0 fully saturated rings. The monoisotopic (exact) mass is 276 g/mol. The number of aliphatic carboxylic acids is 1. The predicted molar refractivity (Wildman–Crippen MR) is 74.3 cm³/mol. The second-order valence-electron chi connectivity index (χ2n) is 4.59. The van der Waals surface area contributed by atoms with E-state index in [9.17, 15) is 14.1 Å². The molecule has 0 aliphatic carbocycles. The molecule has 0 saturated carbocycles. The smallest absolute Gasteiger partial charge is 0.323 e. The van der Waals surface area contributed by atoms with Gasteiger partial charge in [0, 0.05) is 11.4 Å². The third-order valence-corrected chi connectivity index (χ3v) is 3.60. The molecule has 106 valence electrons. The molecule has 3 N–H and O–H groups in total. The summed E-state index contributed by atoms with van der Waals surface area (Å²) in [4.78, 5) is 11.5. The highest BCUT2D eigenvalue weighted by Gasteiger charge is 2.37. The van der Waals surface area contributed by atoms with Gasteiger partial charge in [0.25, 0.3) is 0 Å².